The van der Waals surface area contributed by atoms with Crippen LogP contribution in [0, 0.1) is 6.92 Å². The summed E-state index contributed by atoms with van der Waals surface area (Å²) < 4.78 is 36.6. The Bertz CT molecular complexity index is 2320. The lowest BCUT2D eigenvalue weighted by Crippen LogP contribution is -2.32. The minimum absolute atomic E-state index is 0.0474. The topological polar surface area (TPSA) is 124 Å². The first-order valence-electron chi connectivity index (χ1n) is 20.1. The fourth-order valence-electron chi connectivity index (χ4n) is 8.18. The third-order valence-electron chi connectivity index (χ3n) is 11.3. The first-order chi connectivity index (χ1) is 27.6. The van der Waals surface area contributed by atoms with Gasteiger partial charge in [0.2, 0.25) is 5.69 Å². The van der Waals surface area contributed by atoms with Crippen LogP contribution in [-0.2, 0) is 40.2 Å². The van der Waals surface area contributed by atoms with E-state index in [1.807, 2.05) is 44.2 Å². The van der Waals surface area contributed by atoms with Crippen molar-refractivity contribution >= 4 is 45.0 Å². The van der Waals surface area contributed by atoms with Gasteiger partial charge in [-0.15, -0.1) is 5.06 Å². The molecule has 0 unspecified atom stereocenters. The lowest BCUT2D eigenvalue weighted by Gasteiger charge is -2.27. The molecule has 11 heteroatoms. The molecule has 3 heterocycles. The summed E-state index contributed by atoms with van der Waals surface area (Å²) in [7, 11) is -4.41. The molecule has 2 aromatic rings. The van der Waals surface area contributed by atoms with Crippen molar-refractivity contribution < 1.29 is 36.8 Å². The van der Waals surface area contributed by atoms with Crippen molar-refractivity contribution in [3.63, 3.8) is 0 Å². The molecule has 0 atom stereocenters. The second-order valence-electron chi connectivity index (χ2n) is 16.2. The predicted molar refractivity (Wildman–Crippen MR) is 227 cm³/mol. The van der Waals surface area contributed by atoms with Crippen LogP contribution in [0.3, 0.4) is 0 Å². The van der Waals surface area contributed by atoms with Crippen LogP contribution >= 0.6 is 0 Å². The molecule has 0 spiro atoms. The van der Waals surface area contributed by atoms with Crippen LogP contribution in [0.4, 0.5) is 11.4 Å². The third kappa shape index (κ3) is 9.32. The highest BCUT2D eigenvalue weighted by Gasteiger charge is 2.44. The molecule has 1 N–H and O–H groups in total. The molecule has 1 fully saturated rings. The van der Waals surface area contributed by atoms with Crippen LogP contribution in [0.5, 0.6) is 0 Å². The number of carbonyl (C=O) groups is 3. The Morgan fingerprint density at radius 3 is 2.36 bits per heavy atom. The van der Waals surface area contributed by atoms with Crippen LogP contribution in [0.25, 0.3) is 0 Å². The average Bonchev–Trinajstić information content (AvgIpc) is 3.66. The number of aryl methyl sites for hydroxylation is 1. The number of hydrogen-bond acceptors (Lipinski definition) is 7. The van der Waals surface area contributed by atoms with Crippen LogP contribution in [0.1, 0.15) is 95.8 Å². The quantitative estimate of drug-likeness (QED) is 0.0623. The fraction of sp³-hybridized carbons (Fsp3) is 0.362. The van der Waals surface area contributed by atoms with E-state index in [0.717, 1.165) is 36.3 Å². The van der Waals surface area contributed by atoms with Crippen LogP contribution in [0.15, 0.2) is 125 Å². The largest absolute Gasteiger partial charge is 0.344 e. The van der Waals surface area contributed by atoms with Crippen molar-refractivity contribution in [3.05, 3.63) is 137 Å². The number of amides is 2. The molecule has 6 rings (SSSR count). The number of benzene rings is 2. The number of carbonyl (C=O) groups excluding carboxylic acids is 3. The first kappa shape index (κ1) is 42.2. The zero-order valence-corrected chi connectivity index (χ0v) is 34.9. The van der Waals surface area contributed by atoms with Gasteiger partial charge in [0.05, 0.1) is 10.3 Å². The zero-order chi connectivity index (χ0) is 41.7. The Morgan fingerprint density at radius 1 is 0.862 bits per heavy atom. The standard InChI is InChI=1S/C47H53N3O7S/c1-34-24-26-39-37(32-34)46(2,3)41(49(39)31-17-20-35-18-11-7-6-8-12-19-35)21-13-9-14-22-42-47(4,5)38-33-36(58(54,55)56)25-27-40(38)48(42)30-16-10-15-23-45(53)57-50-43(51)28-29-44(50)52/h6-9,11-14,18-19,21-22,24-27,32-33H,10,15-17,20,23,28-31H2,1-5H3/p+1/b7-6-,8-6?,11-7?,12-8-,18-11-,19-12?,35-18?,35-19+. The average molecular weight is 805 g/mol. The molecule has 58 heavy (non-hydrogen) atoms. The van der Waals surface area contributed by atoms with Crippen LogP contribution in [0.2, 0.25) is 0 Å². The van der Waals surface area contributed by atoms with Gasteiger partial charge in [-0.25, -0.2) is 4.79 Å². The molecule has 1 aliphatic carbocycles. The van der Waals surface area contributed by atoms with E-state index in [0.29, 0.717) is 30.9 Å². The molecule has 1 saturated heterocycles. The molecule has 0 radical (unpaired) electrons. The number of hydrogen-bond donors (Lipinski definition) is 1. The maximum Gasteiger partial charge on any atom is 0.333 e. The van der Waals surface area contributed by atoms with Gasteiger partial charge in [0, 0.05) is 66.7 Å². The van der Waals surface area contributed by atoms with E-state index in [9.17, 15) is 27.4 Å². The van der Waals surface area contributed by atoms with Gasteiger partial charge < -0.3 is 9.74 Å². The molecular weight excluding hydrogens is 751 g/mol. The predicted octanol–water partition coefficient (Wildman–Crippen LogP) is 8.97. The molecule has 0 bridgehead atoms. The summed E-state index contributed by atoms with van der Waals surface area (Å²) >= 11 is 0. The minimum Gasteiger partial charge on any atom is -0.344 e. The zero-order valence-electron chi connectivity index (χ0n) is 34.1. The second-order valence-corrected chi connectivity index (χ2v) is 17.7. The molecule has 2 amide bonds. The van der Waals surface area contributed by atoms with Crippen molar-refractivity contribution in [1.29, 1.82) is 0 Å². The lowest BCUT2D eigenvalue weighted by atomic mass is 9.81. The molecule has 3 aliphatic heterocycles. The van der Waals surface area contributed by atoms with Gasteiger partial charge in [0.1, 0.15) is 6.54 Å². The van der Waals surface area contributed by atoms with Crippen molar-refractivity contribution in [2.75, 3.05) is 18.0 Å². The van der Waals surface area contributed by atoms with Crippen molar-refractivity contribution in [3.8, 4) is 0 Å². The number of imide groups is 1. The first-order valence-corrected chi connectivity index (χ1v) is 21.5. The van der Waals surface area contributed by atoms with E-state index in [1.165, 1.54) is 34.2 Å². The summed E-state index contributed by atoms with van der Waals surface area (Å²) in [6.07, 6.45) is 29.0. The molecule has 4 aliphatic rings. The smallest absolute Gasteiger partial charge is 0.333 e. The molecule has 10 nitrogen and oxygen atoms in total. The molecule has 0 saturated carbocycles. The summed E-state index contributed by atoms with van der Waals surface area (Å²) in [5, 5.41) is 0.572. The van der Waals surface area contributed by atoms with Gasteiger partial charge in [-0.05, 0) is 81.5 Å². The number of nitrogens with zero attached hydrogens (tertiary/aromatic N) is 3. The number of hydroxylamine groups is 2. The molecule has 2 aromatic carbocycles. The fourth-order valence-corrected chi connectivity index (χ4v) is 8.69. The Balaban J connectivity index is 1.19. The summed E-state index contributed by atoms with van der Waals surface area (Å²) in [4.78, 5) is 43.0. The van der Waals surface area contributed by atoms with Gasteiger partial charge in [-0.1, -0.05) is 92.7 Å². The number of fused-ring (bicyclic) bond motifs is 2. The molecule has 304 valence electrons. The van der Waals surface area contributed by atoms with Gasteiger partial charge in [0.25, 0.3) is 21.9 Å². The van der Waals surface area contributed by atoms with E-state index < -0.39 is 33.3 Å². The van der Waals surface area contributed by atoms with Gasteiger partial charge in [0.15, 0.2) is 5.71 Å². The summed E-state index contributed by atoms with van der Waals surface area (Å²) in [5.41, 5.74) is 8.12. The van der Waals surface area contributed by atoms with Crippen molar-refractivity contribution in [2.45, 2.75) is 102 Å². The number of unbranched alkanes of at least 4 members (excludes halogenated alkanes) is 2. The van der Waals surface area contributed by atoms with Crippen molar-refractivity contribution in [2.24, 2.45) is 0 Å². The summed E-state index contributed by atoms with van der Waals surface area (Å²) in [6, 6.07) is 11.4. The normalized spacial score (nSPS) is 21.7. The Morgan fingerprint density at radius 2 is 1.60 bits per heavy atom. The Hall–Kier alpha value is -5.39. The second kappa shape index (κ2) is 17.6. The summed E-state index contributed by atoms with van der Waals surface area (Å²) in [5.74, 6) is -1.63. The van der Waals surface area contributed by atoms with Crippen LogP contribution in [-0.4, -0.2) is 59.2 Å². The maximum atomic E-state index is 12.3. The van der Waals surface area contributed by atoms with Gasteiger partial charge in [-0.3, -0.25) is 14.1 Å². The minimum atomic E-state index is -4.41. The summed E-state index contributed by atoms with van der Waals surface area (Å²) in [6.45, 7) is 12.2. The highest BCUT2D eigenvalue weighted by molar-refractivity contribution is 7.85. The van der Waals surface area contributed by atoms with Crippen LogP contribution < -0.4 is 4.90 Å². The monoisotopic (exact) mass is 804 g/mol. The maximum absolute atomic E-state index is 12.3. The van der Waals surface area contributed by atoms with E-state index in [4.69, 9.17) is 4.84 Å². The number of allylic oxidation sites excluding steroid dienone is 14. The molecule has 0 aromatic heterocycles. The van der Waals surface area contributed by atoms with Crippen molar-refractivity contribution in [1.82, 2.24) is 5.06 Å². The van der Waals surface area contributed by atoms with E-state index >= 15 is 0 Å². The number of rotatable bonds is 15. The Kier molecular flexibility index (Phi) is 12.8. The highest BCUT2D eigenvalue weighted by atomic mass is 32.2. The Labute approximate surface area is 342 Å². The SMILES string of the molecule is Cc1ccc2c(c1)C(C)(C)C(/C=C/C=C/C=C1/N(CCCCCC(=O)ON3C(=O)CCC3=O)c3ccc(S(=O)(=O)O)cc3C1(C)C)=[N+]2CCCC1=C/C=C\C=C/C=C\1. The highest BCUT2D eigenvalue weighted by Crippen LogP contribution is 2.48. The lowest BCUT2D eigenvalue weighted by molar-refractivity contribution is -0.438. The number of anilines is 1. The molecular formula is C47H54N3O7S+. The van der Waals surface area contributed by atoms with E-state index in [-0.39, 0.29) is 29.6 Å². The van der Waals surface area contributed by atoms with Gasteiger partial charge >= 0.3 is 5.97 Å². The third-order valence-corrected chi connectivity index (χ3v) is 12.2. The van der Waals surface area contributed by atoms with E-state index in [2.05, 4.69) is 91.0 Å². The van der Waals surface area contributed by atoms with Gasteiger partial charge in [-0.2, -0.15) is 13.0 Å². The van der Waals surface area contributed by atoms with E-state index in [1.54, 1.807) is 12.1 Å².